The van der Waals surface area contributed by atoms with Crippen LogP contribution in [0, 0.1) is 10.1 Å². The quantitative estimate of drug-likeness (QED) is 0.674. The highest BCUT2D eigenvalue weighted by molar-refractivity contribution is 8.03. The molecule has 2 rings (SSSR count). The smallest absolute Gasteiger partial charge is 0.326 e. The maximum Gasteiger partial charge on any atom is 0.326 e. The summed E-state index contributed by atoms with van der Waals surface area (Å²) in [6.45, 7) is 1.43. The Bertz CT molecular complexity index is 626. The molecule has 0 aliphatic carbocycles. The van der Waals surface area contributed by atoms with Crippen molar-refractivity contribution < 1.29 is 19.6 Å². The number of nitro groups is 1. The SMILES string of the molecule is CC(C(=O)O)N1C(=O)CSC=C1c1ccc([N+](=O)[O-])cc1. The van der Waals surface area contributed by atoms with Crippen molar-refractivity contribution in [3.63, 3.8) is 0 Å². The van der Waals surface area contributed by atoms with Crippen LogP contribution in [0.15, 0.2) is 29.7 Å². The normalized spacial score (nSPS) is 16.3. The third kappa shape index (κ3) is 3.05. The Morgan fingerprint density at radius 1 is 1.43 bits per heavy atom. The number of rotatable bonds is 4. The Labute approximate surface area is 124 Å². The number of benzene rings is 1. The highest BCUT2D eigenvalue weighted by atomic mass is 32.2. The van der Waals surface area contributed by atoms with Crippen LogP contribution in [0.3, 0.4) is 0 Å². The number of amides is 1. The molecule has 110 valence electrons. The first-order valence-corrected chi connectivity index (χ1v) is 7.08. The monoisotopic (exact) mass is 308 g/mol. The molecule has 0 radical (unpaired) electrons. The molecular weight excluding hydrogens is 296 g/mol. The van der Waals surface area contributed by atoms with E-state index in [-0.39, 0.29) is 17.3 Å². The zero-order valence-corrected chi connectivity index (χ0v) is 11.9. The lowest BCUT2D eigenvalue weighted by molar-refractivity contribution is -0.384. The second-order valence-electron chi connectivity index (χ2n) is 4.40. The molecule has 1 atom stereocenters. The lowest BCUT2D eigenvalue weighted by Gasteiger charge is -2.31. The third-order valence-corrected chi connectivity index (χ3v) is 3.85. The van der Waals surface area contributed by atoms with Gasteiger partial charge in [-0.2, -0.15) is 0 Å². The van der Waals surface area contributed by atoms with Gasteiger partial charge in [0.1, 0.15) is 6.04 Å². The molecule has 1 aromatic rings. The number of non-ortho nitro benzene ring substituents is 1. The number of carboxylic acid groups (broad SMARTS) is 1. The summed E-state index contributed by atoms with van der Waals surface area (Å²) in [6, 6.07) is 4.66. The van der Waals surface area contributed by atoms with Gasteiger partial charge in [-0.25, -0.2) is 4.79 Å². The van der Waals surface area contributed by atoms with E-state index in [9.17, 15) is 19.7 Å². The maximum atomic E-state index is 12.0. The molecular formula is C13H12N2O5S. The van der Waals surface area contributed by atoms with E-state index in [1.165, 1.54) is 47.9 Å². The summed E-state index contributed by atoms with van der Waals surface area (Å²) in [5, 5.41) is 21.5. The summed E-state index contributed by atoms with van der Waals surface area (Å²) in [6.07, 6.45) is 0. The molecule has 7 nitrogen and oxygen atoms in total. The lowest BCUT2D eigenvalue weighted by Crippen LogP contribution is -2.44. The van der Waals surface area contributed by atoms with Gasteiger partial charge in [-0.05, 0) is 30.0 Å². The standard InChI is InChI=1S/C13H12N2O5S/c1-8(13(17)18)14-11(6-21-7-12(14)16)9-2-4-10(5-3-9)15(19)20/h2-6,8H,7H2,1H3,(H,17,18). The summed E-state index contributed by atoms with van der Waals surface area (Å²) in [4.78, 5) is 34.5. The van der Waals surface area contributed by atoms with Crippen LogP contribution in [0.4, 0.5) is 5.69 Å². The van der Waals surface area contributed by atoms with E-state index in [2.05, 4.69) is 0 Å². The first-order valence-electron chi connectivity index (χ1n) is 6.03. The minimum absolute atomic E-state index is 0.0630. The fourth-order valence-electron chi connectivity index (χ4n) is 1.95. The minimum Gasteiger partial charge on any atom is -0.480 e. The van der Waals surface area contributed by atoms with Gasteiger partial charge in [-0.15, -0.1) is 11.8 Å². The first kappa shape index (κ1) is 15.0. The highest BCUT2D eigenvalue weighted by Crippen LogP contribution is 2.30. The van der Waals surface area contributed by atoms with Crippen LogP contribution in [0.1, 0.15) is 12.5 Å². The van der Waals surface area contributed by atoms with E-state index in [0.717, 1.165) is 0 Å². The number of carbonyl (C=O) groups is 2. The van der Waals surface area contributed by atoms with Gasteiger partial charge in [-0.3, -0.25) is 19.8 Å². The lowest BCUT2D eigenvalue weighted by atomic mass is 10.1. The van der Waals surface area contributed by atoms with Crippen LogP contribution in [0.5, 0.6) is 0 Å². The summed E-state index contributed by atoms with van der Waals surface area (Å²) < 4.78 is 0. The maximum absolute atomic E-state index is 12.0. The van der Waals surface area contributed by atoms with Gasteiger partial charge in [-0.1, -0.05) is 0 Å². The molecule has 1 aliphatic heterocycles. The van der Waals surface area contributed by atoms with Crippen LogP contribution >= 0.6 is 11.8 Å². The van der Waals surface area contributed by atoms with Crippen molar-refractivity contribution in [3.05, 3.63) is 45.4 Å². The van der Waals surface area contributed by atoms with Gasteiger partial charge in [0, 0.05) is 12.1 Å². The van der Waals surface area contributed by atoms with Crippen LogP contribution in [-0.2, 0) is 9.59 Å². The van der Waals surface area contributed by atoms with Gasteiger partial charge < -0.3 is 5.11 Å². The van der Waals surface area contributed by atoms with E-state index in [1.54, 1.807) is 5.41 Å². The zero-order valence-electron chi connectivity index (χ0n) is 11.1. The molecule has 0 bridgehead atoms. The molecule has 8 heteroatoms. The summed E-state index contributed by atoms with van der Waals surface area (Å²) in [5.74, 6) is -1.23. The van der Waals surface area contributed by atoms with Crippen LogP contribution < -0.4 is 0 Å². The average molecular weight is 308 g/mol. The predicted octanol–water partition coefficient (Wildman–Crippen LogP) is 1.94. The first-order chi connectivity index (χ1) is 9.91. The van der Waals surface area contributed by atoms with Crippen molar-refractivity contribution in [2.45, 2.75) is 13.0 Å². The topological polar surface area (TPSA) is 101 Å². The summed E-state index contributed by atoms with van der Waals surface area (Å²) in [5.41, 5.74) is 0.947. The number of carbonyl (C=O) groups excluding carboxylic acids is 1. The Kier molecular flexibility index (Phi) is 4.27. The molecule has 0 aromatic heterocycles. The Hall–Kier alpha value is -2.35. The third-order valence-electron chi connectivity index (χ3n) is 3.05. The number of hydrogen-bond acceptors (Lipinski definition) is 5. The fourth-order valence-corrected chi connectivity index (χ4v) is 2.72. The van der Waals surface area contributed by atoms with Crippen molar-refractivity contribution in [2.24, 2.45) is 0 Å². The van der Waals surface area contributed by atoms with Crippen molar-refractivity contribution in [1.29, 1.82) is 0 Å². The van der Waals surface area contributed by atoms with Gasteiger partial charge in [0.15, 0.2) is 0 Å². The summed E-state index contributed by atoms with van der Waals surface area (Å²) in [7, 11) is 0. The van der Waals surface area contributed by atoms with Crippen molar-refractivity contribution in [3.8, 4) is 0 Å². The minimum atomic E-state index is -1.11. The number of thioether (sulfide) groups is 1. The molecule has 0 saturated carbocycles. The molecule has 0 spiro atoms. The Balaban J connectivity index is 2.39. The number of carboxylic acids is 1. The van der Waals surface area contributed by atoms with Crippen LogP contribution in [0.2, 0.25) is 0 Å². The Morgan fingerprint density at radius 2 is 2.05 bits per heavy atom. The second-order valence-corrected chi connectivity index (χ2v) is 5.25. The molecule has 1 aromatic carbocycles. The van der Waals surface area contributed by atoms with Crippen molar-refractivity contribution in [2.75, 3.05) is 5.75 Å². The van der Waals surface area contributed by atoms with Crippen LogP contribution in [-0.4, -0.2) is 38.6 Å². The number of nitro benzene ring substituents is 1. The van der Waals surface area contributed by atoms with Gasteiger partial charge in [0.2, 0.25) is 5.91 Å². The molecule has 0 saturated heterocycles. The van der Waals surface area contributed by atoms with Gasteiger partial charge >= 0.3 is 5.97 Å². The van der Waals surface area contributed by atoms with E-state index >= 15 is 0 Å². The van der Waals surface area contributed by atoms with Gasteiger partial charge in [0.05, 0.1) is 16.4 Å². The number of aliphatic carboxylic acids is 1. The van der Waals surface area contributed by atoms with E-state index < -0.39 is 16.9 Å². The fraction of sp³-hybridized carbons (Fsp3) is 0.231. The molecule has 0 fully saturated rings. The van der Waals surface area contributed by atoms with Crippen molar-refractivity contribution >= 4 is 35.0 Å². The van der Waals surface area contributed by atoms with Crippen molar-refractivity contribution in [1.82, 2.24) is 4.90 Å². The van der Waals surface area contributed by atoms with Crippen LogP contribution in [0.25, 0.3) is 5.70 Å². The second kappa shape index (κ2) is 5.96. The van der Waals surface area contributed by atoms with E-state index in [0.29, 0.717) is 11.3 Å². The van der Waals surface area contributed by atoms with E-state index in [1.807, 2.05) is 0 Å². The number of nitrogens with zero attached hydrogens (tertiary/aromatic N) is 2. The predicted molar refractivity (Wildman–Crippen MR) is 77.5 cm³/mol. The number of hydrogen-bond donors (Lipinski definition) is 1. The van der Waals surface area contributed by atoms with Gasteiger partial charge in [0.25, 0.3) is 5.69 Å². The average Bonchev–Trinajstić information content (AvgIpc) is 2.46. The molecule has 1 aliphatic rings. The Morgan fingerprint density at radius 3 is 2.57 bits per heavy atom. The molecule has 1 heterocycles. The largest absolute Gasteiger partial charge is 0.480 e. The highest BCUT2D eigenvalue weighted by Gasteiger charge is 2.31. The molecule has 1 unspecified atom stereocenters. The molecule has 1 amide bonds. The molecule has 1 N–H and O–H groups in total. The molecule has 21 heavy (non-hydrogen) atoms. The van der Waals surface area contributed by atoms with E-state index in [4.69, 9.17) is 5.11 Å². The zero-order chi connectivity index (χ0) is 15.6. The summed E-state index contributed by atoms with van der Waals surface area (Å²) >= 11 is 1.27.